The van der Waals surface area contributed by atoms with E-state index in [2.05, 4.69) is 10.3 Å². The molecule has 6 heteroatoms. The van der Waals surface area contributed by atoms with E-state index in [4.69, 9.17) is 0 Å². The number of nitrogens with one attached hydrogen (secondary N) is 2. The van der Waals surface area contributed by atoms with Gasteiger partial charge in [-0.05, 0) is 44.6 Å². The maximum absolute atomic E-state index is 12.3. The van der Waals surface area contributed by atoms with E-state index in [0.717, 1.165) is 12.8 Å². The molecule has 1 saturated carbocycles. The van der Waals surface area contributed by atoms with Crippen molar-refractivity contribution in [3.63, 3.8) is 0 Å². The van der Waals surface area contributed by atoms with Crippen LogP contribution in [0.1, 0.15) is 58.8 Å². The minimum Gasteiger partial charge on any atom is -0.480 e. The van der Waals surface area contributed by atoms with Crippen LogP contribution in [0.4, 0.5) is 0 Å². The molecular formula is C15H20N2O4. The topological polar surface area (TPSA) is 99.3 Å². The molecule has 0 bridgehead atoms. The molecular weight excluding hydrogens is 272 g/mol. The number of aromatic nitrogens is 1. The third-order valence-corrected chi connectivity index (χ3v) is 3.87. The Morgan fingerprint density at radius 3 is 2.43 bits per heavy atom. The quantitative estimate of drug-likeness (QED) is 0.695. The standard InChI is InChI=1S/C15H20N2O4/c1-4-10-11(8(3)18)7(2)16-13(10)14(19)17-12(15(20)21)9-5-6-9/h9,12,16H,4-6H2,1-3H3,(H,17,19)(H,20,21). The Kier molecular flexibility index (Phi) is 4.16. The molecule has 1 aromatic rings. The molecule has 2 rings (SSSR count). The lowest BCUT2D eigenvalue weighted by Gasteiger charge is -2.13. The summed E-state index contributed by atoms with van der Waals surface area (Å²) in [6.45, 7) is 5.06. The minimum atomic E-state index is -1.01. The van der Waals surface area contributed by atoms with Gasteiger partial charge in [0.25, 0.3) is 5.91 Å². The molecule has 1 unspecified atom stereocenters. The second-order valence-electron chi connectivity index (χ2n) is 5.52. The highest BCUT2D eigenvalue weighted by molar-refractivity contribution is 6.03. The van der Waals surface area contributed by atoms with E-state index in [1.54, 1.807) is 6.92 Å². The van der Waals surface area contributed by atoms with Crippen molar-refractivity contribution in [2.24, 2.45) is 5.92 Å². The van der Waals surface area contributed by atoms with Crippen LogP contribution in [0, 0.1) is 12.8 Å². The van der Waals surface area contributed by atoms with Crippen LogP contribution in [-0.4, -0.2) is 33.8 Å². The summed E-state index contributed by atoms with van der Waals surface area (Å²) in [6, 6.07) is -0.855. The molecule has 1 aromatic heterocycles. The lowest BCUT2D eigenvalue weighted by molar-refractivity contribution is -0.139. The average Bonchev–Trinajstić information content (AvgIpc) is 3.17. The zero-order valence-electron chi connectivity index (χ0n) is 12.4. The summed E-state index contributed by atoms with van der Waals surface area (Å²) >= 11 is 0. The van der Waals surface area contributed by atoms with Gasteiger partial charge in [0.1, 0.15) is 11.7 Å². The van der Waals surface area contributed by atoms with Crippen molar-refractivity contribution in [3.8, 4) is 0 Å². The Hall–Kier alpha value is -2.11. The van der Waals surface area contributed by atoms with Crippen LogP contribution in [0.5, 0.6) is 0 Å². The summed E-state index contributed by atoms with van der Waals surface area (Å²) < 4.78 is 0. The zero-order chi connectivity index (χ0) is 15.7. The van der Waals surface area contributed by atoms with Crippen molar-refractivity contribution in [2.45, 2.75) is 46.1 Å². The molecule has 1 atom stereocenters. The maximum Gasteiger partial charge on any atom is 0.326 e. The number of carbonyl (C=O) groups excluding carboxylic acids is 2. The minimum absolute atomic E-state index is 0.0138. The summed E-state index contributed by atoms with van der Waals surface area (Å²) in [4.78, 5) is 38.2. The monoisotopic (exact) mass is 292 g/mol. The molecule has 0 spiro atoms. The summed E-state index contributed by atoms with van der Waals surface area (Å²) in [7, 11) is 0. The van der Waals surface area contributed by atoms with Gasteiger partial charge in [-0.25, -0.2) is 4.79 Å². The van der Waals surface area contributed by atoms with Gasteiger partial charge in [-0.1, -0.05) is 6.92 Å². The number of carbonyl (C=O) groups is 3. The van der Waals surface area contributed by atoms with Crippen LogP contribution in [0.3, 0.4) is 0 Å². The number of carboxylic acid groups (broad SMARTS) is 1. The number of carboxylic acids is 1. The smallest absolute Gasteiger partial charge is 0.326 e. The Balaban J connectivity index is 2.28. The summed E-state index contributed by atoms with van der Waals surface area (Å²) in [6.07, 6.45) is 2.17. The van der Waals surface area contributed by atoms with Crippen molar-refractivity contribution in [3.05, 3.63) is 22.5 Å². The Morgan fingerprint density at radius 1 is 1.38 bits per heavy atom. The number of Topliss-reactive ketones (excluding diaryl/α,β-unsaturated/α-hetero) is 1. The molecule has 1 fully saturated rings. The van der Waals surface area contributed by atoms with Crippen molar-refractivity contribution in [2.75, 3.05) is 0 Å². The van der Waals surface area contributed by atoms with Gasteiger partial charge in [0, 0.05) is 11.3 Å². The van der Waals surface area contributed by atoms with Crippen LogP contribution in [0.25, 0.3) is 0 Å². The molecule has 21 heavy (non-hydrogen) atoms. The third kappa shape index (κ3) is 2.99. The molecule has 0 aromatic carbocycles. The molecule has 0 saturated heterocycles. The normalized spacial score (nSPS) is 15.6. The number of H-pyrrole nitrogens is 1. The zero-order valence-corrected chi connectivity index (χ0v) is 12.4. The van der Waals surface area contributed by atoms with Gasteiger partial charge >= 0.3 is 5.97 Å². The highest BCUT2D eigenvalue weighted by Crippen LogP contribution is 2.33. The van der Waals surface area contributed by atoms with E-state index >= 15 is 0 Å². The Bertz CT molecular complexity index is 599. The van der Waals surface area contributed by atoms with Gasteiger partial charge in [0.15, 0.2) is 5.78 Å². The molecule has 1 aliphatic rings. The number of amides is 1. The number of aryl methyl sites for hydroxylation is 1. The van der Waals surface area contributed by atoms with E-state index in [1.807, 2.05) is 6.92 Å². The third-order valence-electron chi connectivity index (χ3n) is 3.87. The van der Waals surface area contributed by atoms with Crippen LogP contribution in [0.2, 0.25) is 0 Å². The van der Waals surface area contributed by atoms with Gasteiger partial charge in [0.05, 0.1) is 0 Å². The van der Waals surface area contributed by atoms with Crippen molar-refractivity contribution >= 4 is 17.7 Å². The number of aliphatic carboxylic acids is 1. The van der Waals surface area contributed by atoms with Crippen LogP contribution >= 0.6 is 0 Å². The Morgan fingerprint density at radius 2 is 2.00 bits per heavy atom. The average molecular weight is 292 g/mol. The molecule has 114 valence electrons. The highest BCUT2D eigenvalue weighted by Gasteiger charge is 2.38. The summed E-state index contributed by atoms with van der Waals surface area (Å²) in [5.74, 6) is -1.56. The number of rotatable bonds is 6. The van der Waals surface area contributed by atoms with Gasteiger partial charge in [0.2, 0.25) is 0 Å². The van der Waals surface area contributed by atoms with E-state index in [-0.39, 0.29) is 11.7 Å². The maximum atomic E-state index is 12.3. The number of ketones is 1. The van der Waals surface area contributed by atoms with Crippen LogP contribution in [-0.2, 0) is 11.2 Å². The second-order valence-corrected chi connectivity index (χ2v) is 5.52. The predicted molar refractivity (Wildman–Crippen MR) is 76.5 cm³/mol. The van der Waals surface area contributed by atoms with Gasteiger partial charge in [-0.3, -0.25) is 9.59 Å². The second kappa shape index (κ2) is 5.71. The fourth-order valence-corrected chi connectivity index (χ4v) is 2.72. The first-order chi connectivity index (χ1) is 9.86. The van der Waals surface area contributed by atoms with Gasteiger partial charge in [-0.15, -0.1) is 0 Å². The first kappa shape index (κ1) is 15.3. The highest BCUT2D eigenvalue weighted by atomic mass is 16.4. The van der Waals surface area contributed by atoms with E-state index < -0.39 is 17.9 Å². The summed E-state index contributed by atoms with van der Waals surface area (Å²) in [5, 5.41) is 11.7. The fraction of sp³-hybridized carbons (Fsp3) is 0.533. The molecule has 6 nitrogen and oxygen atoms in total. The molecule has 1 aliphatic carbocycles. The molecule has 0 aliphatic heterocycles. The van der Waals surface area contributed by atoms with E-state index in [0.29, 0.717) is 28.9 Å². The van der Waals surface area contributed by atoms with Crippen LogP contribution in [0.15, 0.2) is 0 Å². The van der Waals surface area contributed by atoms with Crippen molar-refractivity contribution in [1.82, 2.24) is 10.3 Å². The lowest BCUT2D eigenvalue weighted by Crippen LogP contribution is -2.42. The SMILES string of the molecule is CCc1c(C(=O)NC(C(=O)O)C2CC2)[nH]c(C)c1C(C)=O. The summed E-state index contributed by atoms with van der Waals surface area (Å²) in [5.41, 5.74) is 2.12. The fourth-order valence-electron chi connectivity index (χ4n) is 2.72. The first-order valence-electron chi connectivity index (χ1n) is 7.12. The van der Waals surface area contributed by atoms with Gasteiger partial charge < -0.3 is 15.4 Å². The van der Waals surface area contributed by atoms with Gasteiger partial charge in [-0.2, -0.15) is 0 Å². The first-order valence-corrected chi connectivity index (χ1v) is 7.12. The molecule has 3 N–H and O–H groups in total. The molecule has 0 radical (unpaired) electrons. The number of hydrogen-bond acceptors (Lipinski definition) is 3. The molecule has 1 amide bonds. The largest absolute Gasteiger partial charge is 0.480 e. The number of aromatic amines is 1. The Labute approximate surface area is 122 Å². The van der Waals surface area contributed by atoms with Crippen LogP contribution < -0.4 is 5.32 Å². The van der Waals surface area contributed by atoms with Crippen molar-refractivity contribution < 1.29 is 19.5 Å². The molecule has 1 heterocycles. The van der Waals surface area contributed by atoms with Crippen molar-refractivity contribution in [1.29, 1.82) is 0 Å². The predicted octanol–water partition coefficient (Wildman–Crippen LogP) is 1.68. The lowest BCUT2D eigenvalue weighted by atomic mass is 10.0. The van der Waals surface area contributed by atoms with E-state index in [9.17, 15) is 19.5 Å². The number of hydrogen-bond donors (Lipinski definition) is 3. The van der Waals surface area contributed by atoms with E-state index in [1.165, 1.54) is 6.92 Å².